The molecule has 0 spiro atoms. The van der Waals surface area contributed by atoms with Crippen molar-refractivity contribution in [3.05, 3.63) is 23.9 Å². The minimum absolute atomic E-state index is 0.531. The van der Waals surface area contributed by atoms with E-state index in [1.807, 2.05) is 18.3 Å². The number of alkyl halides is 1. The van der Waals surface area contributed by atoms with Crippen molar-refractivity contribution >= 4 is 17.4 Å². The summed E-state index contributed by atoms with van der Waals surface area (Å²) in [5.74, 6) is 2.28. The Morgan fingerprint density at radius 2 is 2.13 bits per heavy atom. The van der Waals surface area contributed by atoms with E-state index in [4.69, 9.17) is 11.6 Å². The van der Waals surface area contributed by atoms with Crippen molar-refractivity contribution in [3.63, 3.8) is 0 Å². The smallest absolute Gasteiger partial charge is 0.128 e. The largest absolute Gasteiger partial charge is 0.360 e. The van der Waals surface area contributed by atoms with Gasteiger partial charge in [0.25, 0.3) is 0 Å². The molecule has 0 aliphatic carbocycles. The highest BCUT2D eigenvalue weighted by Crippen LogP contribution is 2.12. The lowest BCUT2D eigenvalue weighted by molar-refractivity contribution is 0.583. The number of halogens is 1. The van der Waals surface area contributed by atoms with Gasteiger partial charge in [0, 0.05) is 25.7 Å². The molecule has 1 rings (SSSR count). The molecule has 15 heavy (non-hydrogen) atoms. The Bertz CT molecular complexity index is 282. The van der Waals surface area contributed by atoms with Crippen molar-refractivity contribution in [1.82, 2.24) is 4.98 Å². The van der Waals surface area contributed by atoms with Crippen LogP contribution in [0.15, 0.2) is 18.3 Å². The van der Waals surface area contributed by atoms with E-state index in [9.17, 15) is 0 Å². The predicted molar refractivity (Wildman–Crippen MR) is 66.5 cm³/mol. The fourth-order valence-electron chi connectivity index (χ4n) is 1.29. The Balaban J connectivity index is 2.54. The van der Waals surface area contributed by atoms with Gasteiger partial charge in [0.05, 0.1) is 0 Å². The van der Waals surface area contributed by atoms with Gasteiger partial charge in [-0.25, -0.2) is 4.98 Å². The van der Waals surface area contributed by atoms with Crippen LogP contribution in [0.2, 0.25) is 0 Å². The van der Waals surface area contributed by atoms with E-state index in [1.165, 1.54) is 6.42 Å². The minimum Gasteiger partial charge on any atom is -0.360 e. The molecule has 0 bridgehead atoms. The highest BCUT2D eigenvalue weighted by atomic mass is 35.5. The molecule has 1 aromatic rings. The van der Waals surface area contributed by atoms with Gasteiger partial charge in [0.15, 0.2) is 0 Å². The van der Waals surface area contributed by atoms with Gasteiger partial charge in [-0.05, 0) is 24.0 Å². The Morgan fingerprint density at radius 1 is 1.40 bits per heavy atom. The second-order valence-corrected chi connectivity index (χ2v) is 4.53. The second kappa shape index (κ2) is 5.96. The van der Waals surface area contributed by atoms with E-state index in [-0.39, 0.29) is 0 Å². The van der Waals surface area contributed by atoms with Crippen molar-refractivity contribution < 1.29 is 0 Å². The van der Waals surface area contributed by atoms with Crippen molar-refractivity contribution in [1.29, 1.82) is 0 Å². The molecule has 0 unspecified atom stereocenters. The molecule has 0 aliphatic rings. The summed E-state index contributed by atoms with van der Waals surface area (Å²) in [5.41, 5.74) is 1.07. The molecule has 0 fully saturated rings. The first-order valence-corrected chi connectivity index (χ1v) is 5.89. The maximum Gasteiger partial charge on any atom is 0.128 e. The fourth-order valence-corrected chi connectivity index (χ4v) is 1.45. The summed E-state index contributed by atoms with van der Waals surface area (Å²) in [6.45, 7) is 5.51. The van der Waals surface area contributed by atoms with Gasteiger partial charge in [-0.15, -0.1) is 11.6 Å². The number of rotatable bonds is 5. The summed E-state index contributed by atoms with van der Waals surface area (Å²) in [7, 11) is 2.07. The van der Waals surface area contributed by atoms with E-state index < -0.39 is 0 Å². The molecule has 0 amide bonds. The van der Waals surface area contributed by atoms with Crippen LogP contribution in [-0.2, 0) is 5.88 Å². The van der Waals surface area contributed by atoms with Gasteiger partial charge in [0.1, 0.15) is 5.82 Å². The lowest BCUT2D eigenvalue weighted by Crippen LogP contribution is -2.20. The molecule has 0 saturated carbocycles. The molecular formula is C12H19ClN2. The number of anilines is 1. The molecular weight excluding hydrogens is 208 g/mol. The van der Waals surface area contributed by atoms with E-state index in [0.717, 1.165) is 23.8 Å². The van der Waals surface area contributed by atoms with Crippen LogP contribution in [0.4, 0.5) is 5.82 Å². The minimum atomic E-state index is 0.531. The normalized spacial score (nSPS) is 10.7. The van der Waals surface area contributed by atoms with Crippen molar-refractivity contribution in [2.45, 2.75) is 26.1 Å². The zero-order chi connectivity index (χ0) is 11.3. The number of aromatic nitrogens is 1. The zero-order valence-electron chi connectivity index (χ0n) is 9.70. The molecule has 1 aromatic heterocycles. The van der Waals surface area contributed by atoms with Crippen LogP contribution in [0.3, 0.4) is 0 Å². The SMILES string of the molecule is CC(C)CCN(C)c1ccc(CCl)cn1. The lowest BCUT2D eigenvalue weighted by Gasteiger charge is -2.19. The third-order valence-electron chi connectivity index (χ3n) is 2.40. The molecule has 84 valence electrons. The number of hydrogen-bond acceptors (Lipinski definition) is 2. The molecule has 0 aliphatic heterocycles. The maximum atomic E-state index is 5.71. The van der Waals surface area contributed by atoms with Gasteiger partial charge in [-0.3, -0.25) is 0 Å². The van der Waals surface area contributed by atoms with E-state index >= 15 is 0 Å². The maximum absolute atomic E-state index is 5.71. The fraction of sp³-hybridized carbons (Fsp3) is 0.583. The zero-order valence-corrected chi connectivity index (χ0v) is 10.5. The number of pyridine rings is 1. The molecule has 2 nitrogen and oxygen atoms in total. The Labute approximate surface area is 97.3 Å². The molecule has 3 heteroatoms. The first-order valence-electron chi connectivity index (χ1n) is 5.35. The summed E-state index contributed by atoms with van der Waals surface area (Å²) >= 11 is 5.71. The quantitative estimate of drug-likeness (QED) is 0.717. The third kappa shape index (κ3) is 4.08. The highest BCUT2D eigenvalue weighted by molar-refractivity contribution is 6.17. The molecule has 0 saturated heterocycles. The van der Waals surface area contributed by atoms with Crippen LogP contribution in [0.5, 0.6) is 0 Å². The standard InChI is InChI=1S/C12H19ClN2/c1-10(2)6-7-15(3)12-5-4-11(8-13)9-14-12/h4-5,9-10H,6-8H2,1-3H3. The molecule has 0 radical (unpaired) electrons. The van der Waals surface area contributed by atoms with E-state index in [2.05, 4.69) is 30.8 Å². The topological polar surface area (TPSA) is 16.1 Å². The molecule has 0 N–H and O–H groups in total. The van der Waals surface area contributed by atoms with Crippen LogP contribution in [-0.4, -0.2) is 18.6 Å². The number of hydrogen-bond donors (Lipinski definition) is 0. The second-order valence-electron chi connectivity index (χ2n) is 4.26. The molecule has 0 aromatic carbocycles. The molecule has 1 heterocycles. The van der Waals surface area contributed by atoms with Crippen molar-refractivity contribution in [2.75, 3.05) is 18.5 Å². The van der Waals surface area contributed by atoms with Crippen LogP contribution >= 0.6 is 11.6 Å². The van der Waals surface area contributed by atoms with Gasteiger partial charge in [-0.1, -0.05) is 19.9 Å². The Hall–Kier alpha value is -0.760. The van der Waals surface area contributed by atoms with Crippen LogP contribution < -0.4 is 4.90 Å². The predicted octanol–water partition coefficient (Wildman–Crippen LogP) is 3.30. The highest BCUT2D eigenvalue weighted by Gasteiger charge is 2.03. The van der Waals surface area contributed by atoms with Crippen LogP contribution in [0.25, 0.3) is 0 Å². The summed E-state index contributed by atoms with van der Waals surface area (Å²) < 4.78 is 0. The lowest BCUT2D eigenvalue weighted by atomic mass is 10.1. The monoisotopic (exact) mass is 226 g/mol. The first kappa shape index (κ1) is 12.3. The first-order chi connectivity index (χ1) is 7.13. The summed E-state index contributed by atoms with van der Waals surface area (Å²) in [4.78, 5) is 6.55. The van der Waals surface area contributed by atoms with E-state index in [0.29, 0.717) is 5.88 Å². The van der Waals surface area contributed by atoms with E-state index in [1.54, 1.807) is 0 Å². The summed E-state index contributed by atoms with van der Waals surface area (Å²) in [5, 5.41) is 0. The number of nitrogens with zero attached hydrogens (tertiary/aromatic N) is 2. The third-order valence-corrected chi connectivity index (χ3v) is 2.70. The van der Waals surface area contributed by atoms with Gasteiger partial charge in [0.2, 0.25) is 0 Å². The Morgan fingerprint density at radius 3 is 2.60 bits per heavy atom. The van der Waals surface area contributed by atoms with Crippen LogP contribution in [0, 0.1) is 5.92 Å². The summed E-state index contributed by atoms with van der Waals surface area (Å²) in [6.07, 6.45) is 3.03. The average Bonchev–Trinajstić information content (AvgIpc) is 2.26. The van der Waals surface area contributed by atoms with Crippen LogP contribution in [0.1, 0.15) is 25.8 Å². The summed E-state index contributed by atoms with van der Waals surface area (Å²) in [6, 6.07) is 4.05. The van der Waals surface area contributed by atoms with Crippen molar-refractivity contribution in [2.24, 2.45) is 5.92 Å². The van der Waals surface area contributed by atoms with Crippen molar-refractivity contribution in [3.8, 4) is 0 Å². The van der Waals surface area contributed by atoms with Gasteiger partial charge < -0.3 is 4.90 Å². The van der Waals surface area contributed by atoms with Gasteiger partial charge in [-0.2, -0.15) is 0 Å². The van der Waals surface area contributed by atoms with Gasteiger partial charge >= 0.3 is 0 Å². The molecule has 0 atom stereocenters. The average molecular weight is 227 g/mol. The Kier molecular flexibility index (Phi) is 4.89.